The molecule has 0 aliphatic carbocycles. The van der Waals surface area contributed by atoms with Crippen LogP contribution in [0.2, 0.25) is 0 Å². The van der Waals surface area contributed by atoms with Gasteiger partial charge in [-0.15, -0.1) is 0 Å². The van der Waals surface area contributed by atoms with E-state index in [4.69, 9.17) is 10.00 Å². The van der Waals surface area contributed by atoms with Crippen LogP contribution in [-0.4, -0.2) is 5.97 Å². The highest BCUT2D eigenvalue weighted by molar-refractivity contribution is 5.92. The van der Waals surface area contributed by atoms with Crippen molar-refractivity contribution in [2.75, 3.05) is 0 Å². The second-order valence-electron chi connectivity index (χ2n) is 5.30. The van der Waals surface area contributed by atoms with Crippen molar-refractivity contribution in [3.8, 4) is 11.8 Å². The summed E-state index contributed by atoms with van der Waals surface area (Å²) in [7, 11) is 0. The lowest BCUT2D eigenvalue weighted by atomic mass is 9.92. The van der Waals surface area contributed by atoms with Gasteiger partial charge < -0.3 is 4.74 Å². The van der Waals surface area contributed by atoms with E-state index in [1.807, 2.05) is 24.3 Å². The van der Waals surface area contributed by atoms with E-state index in [9.17, 15) is 4.79 Å². The smallest absolute Gasteiger partial charge is 0.343 e. The fourth-order valence-electron chi connectivity index (χ4n) is 2.46. The Balaban J connectivity index is 2.20. The van der Waals surface area contributed by atoms with Crippen molar-refractivity contribution < 1.29 is 9.53 Å². The van der Waals surface area contributed by atoms with Gasteiger partial charge in [0.1, 0.15) is 5.75 Å². The highest BCUT2D eigenvalue weighted by Gasteiger charge is 2.17. The molecule has 0 amide bonds. The molecule has 0 aliphatic heterocycles. The van der Waals surface area contributed by atoms with E-state index in [1.54, 1.807) is 30.3 Å². The molecule has 2 aromatic rings. The molecule has 0 saturated heterocycles. The van der Waals surface area contributed by atoms with Crippen LogP contribution in [0.15, 0.2) is 48.5 Å². The summed E-state index contributed by atoms with van der Waals surface area (Å²) in [5.41, 5.74) is 2.16. The van der Waals surface area contributed by atoms with Crippen molar-refractivity contribution >= 4 is 5.97 Å². The number of nitriles is 1. The van der Waals surface area contributed by atoms with E-state index in [0.717, 1.165) is 18.4 Å². The van der Waals surface area contributed by atoms with Gasteiger partial charge in [-0.3, -0.25) is 0 Å². The van der Waals surface area contributed by atoms with E-state index in [2.05, 4.69) is 13.8 Å². The van der Waals surface area contributed by atoms with Gasteiger partial charge in [0.05, 0.1) is 17.2 Å². The maximum Gasteiger partial charge on any atom is 0.343 e. The molecule has 0 aromatic heterocycles. The van der Waals surface area contributed by atoms with Gasteiger partial charge in [0.2, 0.25) is 0 Å². The minimum atomic E-state index is -0.358. The average Bonchev–Trinajstić information content (AvgIpc) is 2.55. The summed E-state index contributed by atoms with van der Waals surface area (Å²) in [6, 6.07) is 16.1. The lowest BCUT2D eigenvalue weighted by Gasteiger charge is -2.15. The molecule has 0 bridgehead atoms. The highest BCUT2D eigenvalue weighted by Crippen LogP contribution is 2.25. The number of rotatable bonds is 5. The lowest BCUT2D eigenvalue weighted by Crippen LogP contribution is -2.12. The largest absolute Gasteiger partial charge is 0.423 e. The molecular weight excluding hydrogens is 274 g/mol. The third-order valence-electron chi connectivity index (χ3n) is 3.63. The van der Waals surface area contributed by atoms with Crippen LogP contribution in [-0.2, 0) is 0 Å². The third kappa shape index (κ3) is 3.73. The summed E-state index contributed by atoms with van der Waals surface area (Å²) in [5, 5.41) is 8.78. The summed E-state index contributed by atoms with van der Waals surface area (Å²) in [4.78, 5) is 12.4. The summed E-state index contributed by atoms with van der Waals surface area (Å²) >= 11 is 0. The van der Waals surface area contributed by atoms with Crippen molar-refractivity contribution in [3.05, 3.63) is 65.2 Å². The molecule has 112 valence electrons. The average molecular weight is 293 g/mol. The molecule has 0 N–H and O–H groups in total. The van der Waals surface area contributed by atoms with Crippen LogP contribution in [0.4, 0.5) is 0 Å². The van der Waals surface area contributed by atoms with Gasteiger partial charge in [-0.25, -0.2) is 4.79 Å². The van der Waals surface area contributed by atoms with Crippen molar-refractivity contribution in [1.82, 2.24) is 0 Å². The molecule has 2 rings (SSSR count). The topological polar surface area (TPSA) is 50.1 Å². The third-order valence-corrected chi connectivity index (χ3v) is 3.63. The Bertz CT molecular complexity index is 683. The first-order valence-electron chi connectivity index (χ1n) is 7.47. The minimum absolute atomic E-state index is 0.315. The van der Waals surface area contributed by atoms with Crippen LogP contribution in [0.3, 0.4) is 0 Å². The van der Waals surface area contributed by atoms with Gasteiger partial charge in [0.25, 0.3) is 0 Å². The summed E-state index contributed by atoms with van der Waals surface area (Å²) in [5.74, 6) is 0.403. The Morgan fingerprint density at radius 3 is 2.50 bits per heavy atom. The molecule has 0 radical (unpaired) electrons. The van der Waals surface area contributed by atoms with Crippen molar-refractivity contribution in [2.24, 2.45) is 0 Å². The Morgan fingerprint density at radius 2 is 1.86 bits per heavy atom. The molecule has 0 saturated carbocycles. The molecule has 3 heteroatoms. The highest BCUT2D eigenvalue weighted by atomic mass is 16.5. The first-order chi connectivity index (χ1) is 10.7. The van der Waals surface area contributed by atoms with E-state index in [-0.39, 0.29) is 5.97 Å². The SMILES string of the molecule is CCCC(C)c1ccccc1C(=O)Oc1ccc(C#N)cc1. The predicted octanol–water partition coefficient (Wildman–Crippen LogP) is 4.68. The van der Waals surface area contributed by atoms with Gasteiger partial charge in [-0.05, 0) is 48.2 Å². The standard InChI is InChI=1S/C19H19NO2/c1-3-6-14(2)17-7-4-5-8-18(17)19(21)22-16-11-9-15(13-20)10-12-16/h4-5,7-12,14H,3,6H2,1-2H3. The molecule has 22 heavy (non-hydrogen) atoms. The maximum absolute atomic E-state index is 12.4. The number of hydrogen-bond donors (Lipinski definition) is 0. The van der Waals surface area contributed by atoms with Gasteiger partial charge >= 0.3 is 5.97 Å². The molecule has 2 aromatic carbocycles. The zero-order chi connectivity index (χ0) is 15.9. The first kappa shape index (κ1) is 15.8. The van der Waals surface area contributed by atoms with Gasteiger partial charge in [-0.1, -0.05) is 38.5 Å². The minimum Gasteiger partial charge on any atom is -0.423 e. The monoisotopic (exact) mass is 293 g/mol. The van der Waals surface area contributed by atoms with E-state index in [1.165, 1.54) is 0 Å². The Labute approximate surface area is 131 Å². The Kier molecular flexibility index (Phi) is 5.32. The van der Waals surface area contributed by atoms with Crippen molar-refractivity contribution in [3.63, 3.8) is 0 Å². The molecule has 1 unspecified atom stereocenters. The van der Waals surface area contributed by atoms with Gasteiger partial charge in [0, 0.05) is 0 Å². The summed E-state index contributed by atoms with van der Waals surface area (Å²) in [6.45, 7) is 4.26. The number of hydrogen-bond acceptors (Lipinski definition) is 3. The fraction of sp³-hybridized carbons (Fsp3) is 0.263. The lowest BCUT2D eigenvalue weighted by molar-refractivity contribution is 0.0733. The molecule has 1 atom stereocenters. The normalized spacial score (nSPS) is 11.5. The van der Waals surface area contributed by atoms with Crippen LogP contribution in [0.25, 0.3) is 0 Å². The summed E-state index contributed by atoms with van der Waals surface area (Å²) < 4.78 is 5.42. The second kappa shape index (κ2) is 7.42. The van der Waals surface area contributed by atoms with Crippen molar-refractivity contribution in [2.45, 2.75) is 32.6 Å². The number of carbonyl (C=O) groups excluding carboxylic acids is 1. The first-order valence-corrected chi connectivity index (χ1v) is 7.47. The van der Waals surface area contributed by atoms with Crippen LogP contribution in [0, 0.1) is 11.3 Å². The Morgan fingerprint density at radius 1 is 1.18 bits per heavy atom. The van der Waals surface area contributed by atoms with E-state index >= 15 is 0 Å². The molecular formula is C19H19NO2. The molecule has 0 spiro atoms. The van der Waals surface area contributed by atoms with Crippen LogP contribution >= 0.6 is 0 Å². The predicted molar refractivity (Wildman–Crippen MR) is 85.9 cm³/mol. The number of nitrogens with zero attached hydrogens (tertiary/aromatic N) is 1. The fourth-order valence-corrected chi connectivity index (χ4v) is 2.46. The number of carbonyl (C=O) groups is 1. The van der Waals surface area contributed by atoms with Gasteiger partial charge in [0.15, 0.2) is 0 Å². The number of ether oxygens (including phenoxy) is 1. The van der Waals surface area contributed by atoms with Gasteiger partial charge in [-0.2, -0.15) is 5.26 Å². The zero-order valence-corrected chi connectivity index (χ0v) is 12.9. The van der Waals surface area contributed by atoms with E-state index < -0.39 is 0 Å². The van der Waals surface area contributed by atoms with E-state index in [0.29, 0.717) is 22.8 Å². The van der Waals surface area contributed by atoms with Crippen LogP contribution in [0.1, 0.15) is 54.1 Å². The molecule has 3 nitrogen and oxygen atoms in total. The van der Waals surface area contributed by atoms with Crippen molar-refractivity contribution in [1.29, 1.82) is 5.26 Å². The molecule has 0 fully saturated rings. The zero-order valence-electron chi connectivity index (χ0n) is 12.9. The molecule has 0 aliphatic rings. The Hall–Kier alpha value is -2.60. The second-order valence-corrected chi connectivity index (χ2v) is 5.30. The maximum atomic E-state index is 12.4. The number of esters is 1. The van der Waals surface area contributed by atoms with Crippen LogP contribution < -0.4 is 4.74 Å². The quantitative estimate of drug-likeness (QED) is 0.594. The van der Waals surface area contributed by atoms with Crippen LogP contribution in [0.5, 0.6) is 5.75 Å². The number of benzene rings is 2. The molecule has 0 heterocycles. The summed E-state index contributed by atoms with van der Waals surface area (Å²) in [6.07, 6.45) is 2.10.